The van der Waals surface area contributed by atoms with Crippen LogP contribution in [0.5, 0.6) is 0 Å². The van der Waals surface area contributed by atoms with Crippen LogP contribution in [0.25, 0.3) is 11.4 Å². The van der Waals surface area contributed by atoms with Crippen molar-refractivity contribution in [3.63, 3.8) is 0 Å². The Morgan fingerprint density at radius 3 is 2.88 bits per heavy atom. The van der Waals surface area contributed by atoms with Crippen LogP contribution >= 0.6 is 11.6 Å². The number of anilines is 1. The Kier molecular flexibility index (Phi) is 4.59. The maximum atomic E-state index is 12.1. The number of benzene rings is 1. The fraction of sp³-hybridized carbons (Fsp3) is 0.200. The molecule has 0 saturated carbocycles. The summed E-state index contributed by atoms with van der Waals surface area (Å²) in [5.41, 5.74) is 1.40. The number of nitrogens with zero attached hydrogens (tertiary/aromatic N) is 3. The molecule has 24 heavy (non-hydrogen) atoms. The average molecular weight is 349 g/mol. The molecule has 2 heterocycles. The molecule has 1 aromatic heterocycles. The Hall–Kier alpha value is -2.71. The van der Waals surface area contributed by atoms with Gasteiger partial charge in [0.05, 0.1) is 13.2 Å². The number of hydrogen-bond acceptors (Lipinski definition) is 7. The number of carbonyl (C=O) groups excluding carboxylic acids is 2. The van der Waals surface area contributed by atoms with Crippen molar-refractivity contribution >= 4 is 29.1 Å². The van der Waals surface area contributed by atoms with Gasteiger partial charge < -0.3 is 14.9 Å². The molecule has 0 radical (unpaired) electrons. The monoisotopic (exact) mass is 348 g/mol. The average Bonchev–Trinajstić information content (AvgIpc) is 3.16. The van der Waals surface area contributed by atoms with Gasteiger partial charge in [0.2, 0.25) is 11.7 Å². The van der Waals surface area contributed by atoms with Crippen molar-refractivity contribution in [2.45, 2.75) is 5.88 Å². The van der Waals surface area contributed by atoms with Crippen LogP contribution in [0.2, 0.25) is 0 Å². The van der Waals surface area contributed by atoms with Crippen LogP contribution in [0.4, 0.5) is 5.69 Å². The van der Waals surface area contributed by atoms with Gasteiger partial charge in [-0.15, -0.1) is 11.6 Å². The molecule has 8 nitrogen and oxygen atoms in total. The van der Waals surface area contributed by atoms with E-state index in [2.05, 4.69) is 15.5 Å². The van der Waals surface area contributed by atoms with E-state index in [1.54, 1.807) is 24.3 Å². The molecule has 1 aliphatic rings. The number of β-amino-alcohol motifs (C(OH)–C–C–N with tert-alkyl or cyclic N) is 1. The molecule has 2 amide bonds. The Morgan fingerprint density at radius 1 is 1.33 bits per heavy atom. The largest absolute Gasteiger partial charge is 0.395 e. The van der Waals surface area contributed by atoms with Crippen LogP contribution in [-0.2, 0) is 15.5 Å². The third-order valence-corrected chi connectivity index (χ3v) is 3.54. The summed E-state index contributed by atoms with van der Waals surface area (Å²) in [6.07, 6.45) is 1.20. The Labute approximate surface area is 141 Å². The van der Waals surface area contributed by atoms with Crippen molar-refractivity contribution in [3.8, 4) is 11.4 Å². The minimum atomic E-state index is -0.483. The molecule has 3 rings (SSSR count). The lowest BCUT2D eigenvalue weighted by atomic mass is 10.2. The van der Waals surface area contributed by atoms with Gasteiger partial charge in [-0.25, -0.2) is 0 Å². The quantitative estimate of drug-likeness (QED) is 0.595. The van der Waals surface area contributed by atoms with Crippen molar-refractivity contribution in [1.82, 2.24) is 15.0 Å². The number of aromatic nitrogens is 2. The molecule has 0 spiro atoms. The zero-order valence-electron chi connectivity index (χ0n) is 12.4. The van der Waals surface area contributed by atoms with Crippen molar-refractivity contribution in [2.24, 2.45) is 0 Å². The summed E-state index contributed by atoms with van der Waals surface area (Å²) >= 11 is 5.63. The summed E-state index contributed by atoms with van der Waals surface area (Å²) in [6.45, 7) is -0.321. The number of hydrogen-bond donors (Lipinski definition) is 2. The highest BCUT2D eigenvalue weighted by molar-refractivity contribution is 6.17. The molecule has 9 heteroatoms. The van der Waals surface area contributed by atoms with E-state index in [0.29, 0.717) is 23.0 Å². The second kappa shape index (κ2) is 6.81. The molecule has 124 valence electrons. The molecule has 2 aromatic rings. The molecule has 0 saturated heterocycles. The number of aliphatic hydroxyl groups excluding tert-OH is 1. The third-order valence-electron chi connectivity index (χ3n) is 3.32. The highest BCUT2D eigenvalue weighted by Crippen LogP contribution is 2.23. The highest BCUT2D eigenvalue weighted by atomic mass is 35.5. The van der Waals surface area contributed by atoms with Crippen molar-refractivity contribution < 1.29 is 19.2 Å². The zero-order valence-corrected chi connectivity index (χ0v) is 13.2. The van der Waals surface area contributed by atoms with Gasteiger partial charge in [-0.1, -0.05) is 17.3 Å². The topological polar surface area (TPSA) is 109 Å². The van der Waals surface area contributed by atoms with Gasteiger partial charge in [0, 0.05) is 17.3 Å². The minimum absolute atomic E-state index is 0.0382. The van der Waals surface area contributed by atoms with Gasteiger partial charge in [0.15, 0.2) is 0 Å². The van der Waals surface area contributed by atoms with E-state index in [-0.39, 0.29) is 24.7 Å². The summed E-state index contributed by atoms with van der Waals surface area (Å²) < 4.78 is 4.96. The van der Waals surface area contributed by atoms with E-state index < -0.39 is 11.8 Å². The molecule has 0 fully saturated rings. The zero-order chi connectivity index (χ0) is 17.1. The first-order valence-corrected chi connectivity index (χ1v) is 7.60. The standard InChI is InChI=1S/C15H13ClN4O4/c16-8-12-18-14(19-24-12)9-2-1-3-10(6-9)17-11-7-13(22)20(4-5-21)15(11)23/h1-3,6-7,17,21H,4-5,8H2. The lowest BCUT2D eigenvalue weighted by Crippen LogP contribution is -2.34. The molecular formula is C15H13ClN4O4. The van der Waals surface area contributed by atoms with Gasteiger partial charge in [0.25, 0.3) is 11.8 Å². The molecule has 0 atom stereocenters. The SMILES string of the molecule is O=C1C=C(Nc2cccc(-c3noc(CCl)n3)c2)C(=O)N1CCO. The highest BCUT2D eigenvalue weighted by Gasteiger charge is 2.30. The summed E-state index contributed by atoms with van der Waals surface area (Å²) in [5.74, 6) is -0.140. The molecule has 0 unspecified atom stereocenters. The fourth-order valence-electron chi connectivity index (χ4n) is 2.23. The van der Waals surface area contributed by atoms with E-state index in [9.17, 15) is 9.59 Å². The van der Waals surface area contributed by atoms with E-state index in [4.69, 9.17) is 21.2 Å². The van der Waals surface area contributed by atoms with E-state index in [1.165, 1.54) is 6.08 Å². The third kappa shape index (κ3) is 3.15. The molecule has 0 aliphatic carbocycles. The first-order valence-electron chi connectivity index (χ1n) is 7.06. The Bertz CT molecular complexity index is 817. The van der Waals surface area contributed by atoms with Crippen molar-refractivity contribution in [3.05, 3.63) is 41.9 Å². The van der Waals surface area contributed by atoms with E-state index >= 15 is 0 Å². The lowest BCUT2D eigenvalue weighted by molar-refractivity contribution is -0.137. The number of rotatable bonds is 6. The van der Waals surface area contributed by atoms with Crippen LogP contribution in [0.3, 0.4) is 0 Å². The second-order valence-electron chi connectivity index (χ2n) is 4.93. The van der Waals surface area contributed by atoms with Crippen LogP contribution in [0, 0.1) is 0 Å². The Balaban J connectivity index is 1.79. The molecule has 1 aromatic carbocycles. The van der Waals surface area contributed by atoms with Crippen LogP contribution in [0.15, 0.2) is 40.6 Å². The number of alkyl halides is 1. The van der Waals surface area contributed by atoms with Gasteiger partial charge >= 0.3 is 0 Å². The maximum absolute atomic E-state index is 12.1. The van der Waals surface area contributed by atoms with Crippen LogP contribution < -0.4 is 5.32 Å². The number of amides is 2. The molecule has 1 aliphatic heterocycles. The van der Waals surface area contributed by atoms with Gasteiger partial charge in [-0.2, -0.15) is 4.98 Å². The minimum Gasteiger partial charge on any atom is -0.395 e. The normalized spacial score (nSPS) is 14.2. The summed E-state index contributed by atoms with van der Waals surface area (Å²) in [4.78, 5) is 28.9. The van der Waals surface area contributed by atoms with Crippen LogP contribution in [-0.4, -0.2) is 45.1 Å². The first kappa shape index (κ1) is 16.2. The van der Waals surface area contributed by atoms with Crippen molar-refractivity contribution in [1.29, 1.82) is 0 Å². The summed E-state index contributed by atoms with van der Waals surface area (Å²) in [7, 11) is 0. The number of nitrogens with one attached hydrogen (secondary N) is 1. The summed E-state index contributed by atoms with van der Waals surface area (Å²) in [6, 6.07) is 6.99. The number of halogens is 1. The van der Waals surface area contributed by atoms with Crippen LogP contribution in [0.1, 0.15) is 5.89 Å². The molecule has 2 N–H and O–H groups in total. The maximum Gasteiger partial charge on any atom is 0.277 e. The number of aliphatic hydroxyl groups is 1. The molecule has 0 bridgehead atoms. The van der Waals surface area contributed by atoms with Gasteiger partial charge in [0.1, 0.15) is 11.6 Å². The lowest BCUT2D eigenvalue weighted by Gasteiger charge is -2.13. The number of carbonyl (C=O) groups is 2. The smallest absolute Gasteiger partial charge is 0.277 e. The fourth-order valence-corrected chi connectivity index (χ4v) is 2.34. The summed E-state index contributed by atoms with van der Waals surface area (Å²) in [5, 5.41) is 15.6. The number of imide groups is 1. The van der Waals surface area contributed by atoms with E-state index in [1.807, 2.05) is 0 Å². The van der Waals surface area contributed by atoms with Gasteiger partial charge in [-0.05, 0) is 12.1 Å². The predicted octanol–water partition coefficient (Wildman–Crippen LogP) is 1.13. The van der Waals surface area contributed by atoms with Gasteiger partial charge in [-0.3, -0.25) is 14.5 Å². The first-order chi connectivity index (χ1) is 11.6. The van der Waals surface area contributed by atoms with Crippen molar-refractivity contribution in [2.75, 3.05) is 18.5 Å². The van der Waals surface area contributed by atoms with E-state index in [0.717, 1.165) is 4.90 Å². The predicted molar refractivity (Wildman–Crippen MR) is 84.8 cm³/mol. The second-order valence-corrected chi connectivity index (χ2v) is 5.20. The molecular weight excluding hydrogens is 336 g/mol. The Morgan fingerprint density at radius 2 is 2.17 bits per heavy atom.